The van der Waals surface area contributed by atoms with Gasteiger partial charge in [-0.05, 0) is 24.3 Å². The van der Waals surface area contributed by atoms with Crippen LogP contribution in [0.1, 0.15) is 0 Å². The molecule has 0 radical (unpaired) electrons. The average Bonchev–Trinajstić information content (AvgIpc) is 2.72. The van der Waals surface area contributed by atoms with Gasteiger partial charge in [0.2, 0.25) is 0 Å². The third-order valence-electron chi connectivity index (χ3n) is 2.33. The molecule has 1 fully saturated rings. The molecule has 2 rings (SSSR count). The minimum absolute atomic E-state index is 0.440. The lowest BCUT2D eigenvalue weighted by molar-refractivity contribution is -0.140. The standard InChI is InChI=1S/C10H7F3O2S/c11-5-1-3-6(4-2-5)16-8-7(9(14)15)10(8,12)13/h1-4,7-8H,(H,14,15). The van der Waals surface area contributed by atoms with Gasteiger partial charge >= 0.3 is 5.97 Å². The van der Waals surface area contributed by atoms with Gasteiger partial charge in [-0.15, -0.1) is 11.8 Å². The number of halogens is 3. The zero-order valence-corrected chi connectivity index (χ0v) is 8.68. The summed E-state index contributed by atoms with van der Waals surface area (Å²) in [6, 6.07) is 5.01. The summed E-state index contributed by atoms with van der Waals surface area (Å²) in [5.74, 6) is -6.76. The predicted octanol–water partition coefficient (Wildman–Crippen LogP) is 2.64. The summed E-state index contributed by atoms with van der Waals surface area (Å²) in [6.07, 6.45) is 0. The Balaban J connectivity index is 2.07. The zero-order valence-electron chi connectivity index (χ0n) is 7.86. The Kier molecular flexibility index (Phi) is 2.61. The second-order valence-electron chi connectivity index (χ2n) is 3.48. The number of aliphatic carboxylic acids is 1. The highest BCUT2D eigenvalue weighted by Gasteiger charge is 2.73. The Morgan fingerprint density at radius 3 is 2.31 bits per heavy atom. The van der Waals surface area contributed by atoms with Crippen LogP contribution in [0.2, 0.25) is 0 Å². The lowest BCUT2D eigenvalue weighted by Crippen LogP contribution is -2.04. The molecule has 1 aliphatic carbocycles. The highest BCUT2D eigenvalue weighted by Crippen LogP contribution is 2.58. The number of carboxylic acids is 1. The molecule has 2 nitrogen and oxygen atoms in total. The Labute approximate surface area is 93.5 Å². The molecule has 0 saturated heterocycles. The minimum atomic E-state index is -3.18. The van der Waals surface area contributed by atoms with Crippen LogP contribution in [0, 0.1) is 11.7 Å². The molecule has 1 aromatic carbocycles. The van der Waals surface area contributed by atoms with Crippen LogP contribution in [0.3, 0.4) is 0 Å². The average molecular weight is 248 g/mol. The molecular weight excluding hydrogens is 241 g/mol. The van der Waals surface area contributed by atoms with Crippen molar-refractivity contribution in [1.82, 2.24) is 0 Å². The van der Waals surface area contributed by atoms with Crippen LogP contribution in [-0.4, -0.2) is 22.2 Å². The smallest absolute Gasteiger partial charge is 0.314 e. The maximum Gasteiger partial charge on any atom is 0.314 e. The van der Waals surface area contributed by atoms with Gasteiger partial charge in [0.1, 0.15) is 11.7 Å². The highest BCUT2D eigenvalue weighted by molar-refractivity contribution is 8.00. The fourth-order valence-corrected chi connectivity index (χ4v) is 2.64. The van der Waals surface area contributed by atoms with Crippen molar-refractivity contribution in [2.24, 2.45) is 5.92 Å². The lowest BCUT2D eigenvalue weighted by Gasteiger charge is -1.98. The number of hydrogen-bond donors (Lipinski definition) is 1. The van der Waals surface area contributed by atoms with E-state index in [2.05, 4.69) is 0 Å². The van der Waals surface area contributed by atoms with Gasteiger partial charge in [-0.25, -0.2) is 13.2 Å². The molecule has 1 saturated carbocycles. The first kappa shape index (κ1) is 11.3. The van der Waals surface area contributed by atoms with Gasteiger partial charge in [0, 0.05) is 4.90 Å². The molecule has 2 unspecified atom stereocenters. The SMILES string of the molecule is O=C(O)C1C(Sc2ccc(F)cc2)C1(F)F. The van der Waals surface area contributed by atoms with Crippen molar-refractivity contribution >= 4 is 17.7 Å². The van der Waals surface area contributed by atoms with E-state index in [0.29, 0.717) is 4.90 Å². The van der Waals surface area contributed by atoms with E-state index in [-0.39, 0.29) is 0 Å². The molecule has 6 heteroatoms. The lowest BCUT2D eigenvalue weighted by atomic mass is 10.4. The van der Waals surface area contributed by atoms with Crippen molar-refractivity contribution in [2.75, 3.05) is 0 Å². The number of carboxylic acid groups (broad SMARTS) is 1. The van der Waals surface area contributed by atoms with Gasteiger partial charge in [0.25, 0.3) is 5.92 Å². The molecule has 0 aromatic heterocycles. The van der Waals surface area contributed by atoms with Gasteiger partial charge in [-0.1, -0.05) is 0 Å². The summed E-state index contributed by atoms with van der Waals surface area (Å²) in [6.45, 7) is 0. The molecule has 1 N–H and O–H groups in total. The zero-order chi connectivity index (χ0) is 11.9. The molecule has 0 amide bonds. The summed E-state index contributed by atoms with van der Waals surface area (Å²) in [7, 11) is 0. The van der Waals surface area contributed by atoms with Crippen molar-refractivity contribution in [2.45, 2.75) is 16.1 Å². The summed E-state index contributed by atoms with van der Waals surface area (Å²) >= 11 is 0.764. The Morgan fingerprint density at radius 2 is 1.88 bits per heavy atom. The topological polar surface area (TPSA) is 37.3 Å². The highest BCUT2D eigenvalue weighted by atomic mass is 32.2. The first-order valence-electron chi connectivity index (χ1n) is 4.46. The summed E-state index contributed by atoms with van der Waals surface area (Å²) < 4.78 is 38.5. The van der Waals surface area contributed by atoms with E-state index in [1.807, 2.05) is 0 Å². The Bertz CT molecular complexity index is 419. The number of rotatable bonds is 3. The van der Waals surface area contributed by atoms with Crippen molar-refractivity contribution in [3.05, 3.63) is 30.1 Å². The van der Waals surface area contributed by atoms with Gasteiger partial charge in [-0.2, -0.15) is 0 Å². The molecule has 0 heterocycles. The van der Waals surface area contributed by atoms with Crippen LogP contribution in [0.5, 0.6) is 0 Å². The molecule has 2 atom stereocenters. The van der Waals surface area contributed by atoms with E-state index in [1.54, 1.807) is 0 Å². The van der Waals surface area contributed by atoms with Crippen molar-refractivity contribution in [1.29, 1.82) is 0 Å². The number of hydrogen-bond acceptors (Lipinski definition) is 2. The maximum absolute atomic E-state index is 13.0. The molecule has 1 aliphatic rings. The van der Waals surface area contributed by atoms with Crippen LogP contribution in [0.25, 0.3) is 0 Å². The Hall–Kier alpha value is -1.17. The molecule has 16 heavy (non-hydrogen) atoms. The largest absolute Gasteiger partial charge is 0.481 e. The molecule has 0 spiro atoms. The first-order chi connectivity index (χ1) is 7.43. The summed E-state index contributed by atoms with van der Waals surface area (Å²) in [5.41, 5.74) is 0. The van der Waals surface area contributed by atoms with Crippen LogP contribution >= 0.6 is 11.8 Å². The minimum Gasteiger partial charge on any atom is -0.481 e. The van der Waals surface area contributed by atoms with E-state index in [4.69, 9.17) is 5.11 Å². The first-order valence-corrected chi connectivity index (χ1v) is 5.33. The molecular formula is C10H7F3O2S. The van der Waals surface area contributed by atoms with Gasteiger partial charge in [0.15, 0.2) is 0 Å². The molecule has 86 valence electrons. The fourth-order valence-electron chi connectivity index (χ4n) is 1.40. The van der Waals surface area contributed by atoms with Crippen molar-refractivity contribution in [3.8, 4) is 0 Å². The predicted molar refractivity (Wildman–Crippen MR) is 52.1 cm³/mol. The second kappa shape index (κ2) is 3.69. The van der Waals surface area contributed by atoms with E-state index < -0.39 is 28.9 Å². The third-order valence-corrected chi connectivity index (χ3v) is 3.72. The number of thioether (sulfide) groups is 1. The molecule has 1 aromatic rings. The fraction of sp³-hybridized carbons (Fsp3) is 0.300. The van der Waals surface area contributed by atoms with Gasteiger partial charge in [-0.3, -0.25) is 4.79 Å². The van der Waals surface area contributed by atoms with Crippen molar-refractivity contribution in [3.63, 3.8) is 0 Å². The van der Waals surface area contributed by atoms with Crippen molar-refractivity contribution < 1.29 is 23.1 Å². The number of alkyl halides is 2. The Morgan fingerprint density at radius 1 is 1.31 bits per heavy atom. The summed E-state index contributed by atoms with van der Waals surface area (Å²) in [5, 5.41) is 7.27. The molecule has 0 bridgehead atoms. The molecule has 0 aliphatic heterocycles. The number of carbonyl (C=O) groups is 1. The van der Waals surface area contributed by atoms with Crippen LogP contribution in [-0.2, 0) is 4.79 Å². The normalized spacial score (nSPS) is 26.4. The van der Waals surface area contributed by atoms with E-state index in [1.165, 1.54) is 12.1 Å². The quantitative estimate of drug-likeness (QED) is 0.893. The van der Waals surface area contributed by atoms with Crippen LogP contribution in [0.4, 0.5) is 13.2 Å². The van der Waals surface area contributed by atoms with E-state index >= 15 is 0 Å². The van der Waals surface area contributed by atoms with Gasteiger partial charge in [0.05, 0.1) is 5.25 Å². The van der Waals surface area contributed by atoms with E-state index in [9.17, 15) is 18.0 Å². The monoisotopic (exact) mass is 248 g/mol. The van der Waals surface area contributed by atoms with Crippen LogP contribution in [0.15, 0.2) is 29.2 Å². The summed E-state index contributed by atoms with van der Waals surface area (Å²) in [4.78, 5) is 10.9. The second-order valence-corrected chi connectivity index (χ2v) is 4.70. The number of benzene rings is 1. The van der Waals surface area contributed by atoms with E-state index in [0.717, 1.165) is 23.9 Å². The maximum atomic E-state index is 13.0. The van der Waals surface area contributed by atoms with Crippen LogP contribution < -0.4 is 0 Å². The third kappa shape index (κ3) is 1.89. The van der Waals surface area contributed by atoms with Gasteiger partial charge < -0.3 is 5.11 Å².